The maximum atomic E-state index is 11.6. The van der Waals surface area contributed by atoms with Gasteiger partial charge in [0.2, 0.25) is 0 Å². The highest BCUT2D eigenvalue weighted by atomic mass is 16.5. The minimum atomic E-state index is -0.329. The zero-order valence-corrected chi connectivity index (χ0v) is 13.0. The normalized spacial score (nSPS) is 13.2. The smallest absolute Gasteiger partial charge is 0.331 e. The molecule has 0 aromatic heterocycles. The van der Waals surface area contributed by atoms with Crippen LogP contribution in [0.3, 0.4) is 0 Å². The van der Waals surface area contributed by atoms with Gasteiger partial charge in [0, 0.05) is 11.6 Å². The molecule has 0 heterocycles. The molecule has 20 heavy (non-hydrogen) atoms. The highest BCUT2D eigenvalue weighted by Gasteiger charge is 2.13. The van der Waals surface area contributed by atoms with Crippen LogP contribution in [0.25, 0.3) is 6.08 Å². The Morgan fingerprint density at radius 2 is 1.95 bits per heavy atom. The van der Waals surface area contributed by atoms with E-state index in [2.05, 4.69) is 0 Å². The first-order chi connectivity index (χ1) is 9.31. The maximum Gasteiger partial charge on any atom is 0.331 e. The minimum Gasteiger partial charge on any atom is -0.488 e. The van der Waals surface area contributed by atoms with Crippen molar-refractivity contribution in [2.45, 2.75) is 52.7 Å². The number of hydrogen-bond acceptors (Lipinski definition) is 3. The Bertz CT molecular complexity index is 469. The molecule has 0 aliphatic carbocycles. The Labute approximate surface area is 121 Å². The molecule has 0 amide bonds. The number of ether oxygens (including phenoxy) is 2. The van der Waals surface area contributed by atoms with Crippen LogP contribution >= 0.6 is 0 Å². The summed E-state index contributed by atoms with van der Waals surface area (Å²) in [4.78, 5) is 11.6. The lowest BCUT2D eigenvalue weighted by Crippen LogP contribution is -2.23. The molecule has 3 heteroatoms. The van der Waals surface area contributed by atoms with Gasteiger partial charge in [-0.1, -0.05) is 25.1 Å². The fraction of sp³-hybridized carbons (Fsp3) is 0.471. The quantitative estimate of drug-likeness (QED) is 0.596. The summed E-state index contributed by atoms with van der Waals surface area (Å²) < 4.78 is 11.1. The summed E-state index contributed by atoms with van der Waals surface area (Å²) in [5.74, 6) is 0.428. The van der Waals surface area contributed by atoms with E-state index in [4.69, 9.17) is 9.47 Å². The molecule has 0 fully saturated rings. The molecule has 3 nitrogen and oxygen atoms in total. The number of rotatable bonds is 5. The number of carbonyl (C=O) groups excluding carboxylic acids is 1. The molecule has 1 unspecified atom stereocenters. The summed E-state index contributed by atoms with van der Waals surface area (Å²) in [6, 6.07) is 7.63. The molecular formula is C17H24O3. The van der Waals surface area contributed by atoms with Crippen molar-refractivity contribution in [3.63, 3.8) is 0 Å². The number of para-hydroxylation sites is 1. The van der Waals surface area contributed by atoms with E-state index in [0.717, 1.165) is 17.7 Å². The van der Waals surface area contributed by atoms with Crippen molar-refractivity contribution < 1.29 is 14.3 Å². The molecule has 0 bridgehead atoms. The van der Waals surface area contributed by atoms with E-state index in [1.54, 1.807) is 6.08 Å². The first-order valence-electron chi connectivity index (χ1n) is 6.98. The fourth-order valence-electron chi connectivity index (χ4n) is 1.52. The van der Waals surface area contributed by atoms with Crippen LogP contribution in [0.2, 0.25) is 0 Å². The second kappa shape index (κ2) is 7.13. The largest absolute Gasteiger partial charge is 0.488 e. The molecule has 0 aliphatic rings. The molecule has 0 aliphatic heterocycles. The fourth-order valence-corrected chi connectivity index (χ4v) is 1.52. The zero-order chi connectivity index (χ0) is 15.2. The van der Waals surface area contributed by atoms with E-state index >= 15 is 0 Å². The second-order valence-electron chi connectivity index (χ2n) is 5.74. The molecule has 1 aromatic rings. The Morgan fingerprint density at radius 3 is 2.55 bits per heavy atom. The van der Waals surface area contributed by atoms with Crippen molar-refractivity contribution in [3.05, 3.63) is 35.9 Å². The van der Waals surface area contributed by atoms with Crippen molar-refractivity contribution in [2.24, 2.45) is 0 Å². The Hall–Kier alpha value is -1.77. The van der Waals surface area contributed by atoms with Gasteiger partial charge in [-0.15, -0.1) is 0 Å². The van der Waals surface area contributed by atoms with Gasteiger partial charge in [-0.3, -0.25) is 0 Å². The third-order valence-electron chi connectivity index (χ3n) is 2.63. The number of benzene rings is 1. The topological polar surface area (TPSA) is 35.5 Å². The van der Waals surface area contributed by atoms with Crippen LogP contribution in [0, 0.1) is 0 Å². The highest BCUT2D eigenvalue weighted by molar-refractivity contribution is 5.87. The van der Waals surface area contributed by atoms with Crippen molar-refractivity contribution in [2.75, 3.05) is 0 Å². The SMILES string of the molecule is CCC(C)OC(=O)/C=C/c1ccccc1OC(C)(C)C. The zero-order valence-electron chi connectivity index (χ0n) is 13.0. The second-order valence-corrected chi connectivity index (χ2v) is 5.74. The lowest BCUT2D eigenvalue weighted by atomic mass is 10.1. The molecule has 0 saturated heterocycles. The molecule has 1 aromatic carbocycles. The Morgan fingerprint density at radius 1 is 1.30 bits per heavy atom. The third-order valence-corrected chi connectivity index (χ3v) is 2.63. The molecule has 0 spiro atoms. The Kier molecular flexibility index (Phi) is 5.81. The van der Waals surface area contributed by atoms with Crippen LogP contribution in [0.15, 0.2) is 30.3 Å². The summed E-state index contributed by atoms with van der Waals surface area (Å²) in [5.41, 5.74) is 0.588. The summed E-state index contributed by atoms with van der Waals surface area (Å²) in [6.45, 7) is 9.83. The van der Waals surface area contributed by atoms with Gasteiger partial charge in [0.25, 0.3) is 0 Å². The average Bonchev–Trinajstić information content (AvgIpc) is 2.35. The molecule has 1 atom stereocenters. The van der Waals surface area contributed by atoms with Crippen molar-refractivity contribution in [1.82, 2.24) is 0 Å². The van der Waals surface area contributed by atoms with Crippen molar-refractivity contribution >= 4 is 12.0 Å². The highest BCUT2D eigenvalue weighted by Crippen LogP contribution is 2.24. The number of hydrogen-bond donors (Lipinski definition) is 0. The van der Waals surface area contributed by atoms with E-state index < -0.39 is 0 Å². The van der Waals surface area contributed by atoms with Gasteiger partial charge >= 0.3 is 5.97 Å². The summed E-state index contributed by atoms with van der Waals surface area (Å²) in [5, 5.41) is 0. The average molecular weight is 276 g/mol. The van der Waals surface area contributed by atoms with Crippen LogP contribution in [0.4, 0.5) is 0 Å². The molecule has 1 rings (SSSR count). The Balaban J connectivity index is 2.79. The van der Waals surface area contributed by atoms with Crippen molar-refractivity contribution in [1.29, 1.82) is 0 Å². The van der Waals surface area contributed by atoms with Gasteiger partial charge in [0.1, 0.15) is 11.4 Å². The van der Waals surface area contributed by atoms with Crippen LogP contribution in [0.1, 0.15) is 46.6 Å². The molecular weight excluding hydrogens is 252 g/mol. The van der Waals surface area contributed by atoms with Gasteiger partial charge in [0.05, 0.1) is 6.10 Å². The summed E-state index contributed by atoms with van der Waals surface area (Å²) in [7, 11) is 0. The predicted octanol–water partition coefficient (Wildman–Crippen LogP) is 4.22. The van der Waals surface area contributed by atoms with Crippen LogP contribution in [0.5, 0.6) is 5.75 Å². The monoisotopic (exact) mass is 276 g/mol. The van der Waals surface area contributed by atoms with Gasteiger partial charge in [0.15, 0.2) is 0 Å². The summed E-state index contributed by atoms with van der Waals surface area (Å²) in [6.07, 6.45) is 3.92. The molecule has 110 valence electrons. The standard InChI is InChI=1S/C17H24O3/c1-6-13(2)19-16(18)12-11-14-9-7-8-10-15(14)20-17(3,4)5/h7-13H,6H2,1-5H3/b12-11+. The van der Waals surface area contributed by atoms with E-state index in [0.29, 0.717) is 0 Å². The predicted molar refractivity (Wildman–Crippen MR) is 81.7 cm³/mol. The first-order valence-corrected chi connectivity index (χ1v) is 6.98. The van der Waals surface area contributed by atoms with E-state index in [1.807, 2.05) is 58.9 Å². The van der Waals surface area contributed by atoms with Crippen molar-refractivity contribution in [3.8, 4) is 5.75 Å². The minimum absolute atomic E-state index is 0.0618. The van der Waals surface area contributed by atoms with Gasteiger partial charge in [-0.05, 0) is 46.3 Å². The lowest BCUT2D eigenvalue weighted by Gasteiger charge is -2.22. The van der Waals surface area contributed by atoms with Gasteiger partial charge in [-0.25, -0.2) is 4.79 Å². The van der Waals surface area contributed by atoms with E-state index in [1.165, 1.54) is 6.08 Å². The summed E-state index contributed by atoms with van der Waals surface area (Å²) >= 11 is 0. The molecule has 0 radical (unpaired) electrons. The number of esters is 1. The molecule has 0 saturated carbocycles. The van der Waals surface area contributed by atoms with Gasteiger partial charge in [-0.2, -0.15) is 0 Å². The van der Waals surface area contributed by atoms with E-state index in [9.17, 15) is 4.79 Å². The van der Waals surface area contributed by atoms with Gasteiger partial charge < -0.3 is 9.47 Å². The third kappa shape index (κ3) is 5.91. The van der Waals surface area contributed by atoms with E-state index in [-0.39, 0.29) is 17.7 Å². The van der Waals surface area contributed by atoms with Crippen LogP contribution in [-0.4, -0.2) is 17.7 Å². The van der Waals surface area contributed by atoms with Crippen LogP contribution in [-0.2, 0) is 9.53 Å². The first kappa shape index (κ1) is 16.3. The lowest BCUT2D eigenvalue weighted by molar-refractivity contribution is -0.142. The number of carbonyl (C=O) groups is 1. The maximum absolute atomic E-state index is 11.6. The molecule has 0 N–H and O–H groups in total. The van der Waals surface area contributed by atoms with Crippen LogP contribution < -0.4 is 4.74 Å².